The summed E-state index contributed by atoms with van der Waals surface area (Å²) in [6, 6.07) is 14.9. The molecule has 0 aliphatic carbocycles. The van der Waals surface area contributed by atoms with Gasteiger partial charge in [0.25, 0.3) is 0 Å². The molecule has 8 nitrogen and oxygen atoms in total. The lowest BCUT2D eigenvalue weighted by Gasteiger charge is -2.07. The minimum atomic E-state index is -0.552. The van der Waals surface area contributed by atoms with E-state index in [4.69, 9.17) is 18.6 Å². The molecule has 0 spiro atoms. The molecule has 0 fully saturated rings. The van der Waals surface area contributed by atoms with Gasteiger partial charge < -0.3 is 18.6 Å². The SMILES string of the molecule is COC(=O)c1c(C)oc(NC(=O)CCCOc2ccc(OC)cc2)c1-c1nc2ccccc2s1. The first-order chi connectivity index (χ1) is 16.5. The molecule has 2 aromatic carbocycles. The molecule has 9 heteroatoms. The Balaban J connectivity index is 1.47. The average Bonchev–Trinajstić information content (AvgIpc) is 3.41. The van der Waals surface area contributed by atoms with E-state index < -0.39 is 5.97 Å². The Kier molecular flexibility index (Phi) is 7.12. The number of benzene rings is 2. The zero-order valence-electron chi connectivity index (χ0n) is 19.0. The van der Waals surface area contributed by atoms with Gasteiger partial charge in [0, 0.05) is 6.42 Å². The van der Waals surface area contributed by atoms with Crippen LogP contribution in [0.1, 0.15) is 29.0 Å². The number of anilines is 1. The number of aromatic nitrogens is 1. The lowest BCUT2D eigenvalue weighted by molar-refractivity contribution is -0.116. The second-order valence-corrected chi connectivity index (χ2v) is 8.42. The van der Waals surface area contributed by atoms with E-state index in [1.165, 1.54) is 18.4 Å². The molecule has 0 atom stereocenters. The highest BCUT2D eigenvalue weighted by Crippen LogP contribution is 2.40. The lowest BCUT2D eigenvalue weighted by Crippen LogP contribution is -2.13. The smallest absolute Gasteiger partial charge is 0.342 e. The Hall–Kier alpha value is -3.85. The number of carbonyl (C=O) groups is 2. The number of ether oxygens (including phenoxy) is 3. The average molecular weight is 481 g/mol. The largest absolute Gasteiger partial charge is 0.497 e. The number of methoxy groups -OCH3 is 2. The molecule has 176 valence electrons. The number of para-hydroxylation sites is 1. The third-order valence-electron chi connectivity index (χ3n) is 5.11. The Bertz CT molecular complexity index is 1280. The number of fused-ring (bicyclic) bond motifs is 1. The number of amides is 1. The maximum atomic E-state index is 12.6. The molecule has 0 saturated carbocycles. The second kappa shape index (κ2) is 10.4. The molecule has 0 radical (unpaired) electrons. The summed E-state index contributed by atoms with van der Waals surface area (Å²) in [6.45, 7) is 2.02. The van der Waals surface area contributed by atoms with Crippen molar-refractivity contribution in [3.63, 3.8) is 0 Å². The second-order valence-electron chi connectivity index (χ2n) is 7.39. The van der Waals surface area contributed by atoms with Gasteiger partial charge in [-0.3, -0.25) is 10.1 Å². The van der Waals surface area contributed by atoms with Gasteiger partial charge in [0.15, 0.2) is 0 Å². The molecule has 0 aliphatic heterocycles. The van der Waals surface area contributed by atoms with E-state index >= 15 is 0 Å². The number of hydrogen-bond acceptors (Lipinski definition) is 8. The van der Waals surface area contributed by atoms with Crippen molar-refractivity contribution >= 4 is 39.3 Å². The van der Waals surface area contributed by atoms with Gasteiger partial charge in [0.1, 0.15) is 27.8 Å². The first-order valence-corrected chi connectivity index (χ1v) is 11.5. The molecule has 0 unspecified atom stereocenters. The van der Waals surface area contributed by atoms with Crippen LogP contribution in [0, 0.1) is 6.92 Å². The molecule has 1 amide bonds. The molecule has 4 rings (SSSR count). The summed E-state index contributed by atoms with van der Waals surface area (Å²) < 4.78 is 22.5. The fraction of sp³-hybridized carbons (Fsp3) is 0.240. The van der Waals surface area contributed by atoms with Crippen molar-refractivity contribution in [3.05, 3.63) is 59.9 Å². The summed E-state index contributed by atoms with van der Waals surface area (Å²) in [6.07, 6.45) is 0.709. The molecular weight excluding hydrogens is 456 g/mol. The number of furan rings is 1. The highest BCUT2D eigenvalue weighted by molar-refractivity contribution is 7.21. The van der Waals surface area contributed by atoms with Gasteiger partial charge in [-0.1, -0.05) is 12.1 Å². The fourth-order valence-corrected chi connectivity index (χ4v) is 4.46. The number of aryl methyl sites for hydroxylation is 1. The van der Waals surface area contributed by atoms with Crippen LogP contribution in [0.5, 0.6) is 11.5 Å². The predicted octanol–water partition coefficient (Wildman–Crippen LogP) is 5.46. The predicted molar refractivity (Wildman–Crippen MR) is 130 cm³/mol. The summed E-state index contributed by atoms with van der Waals surface area (Å²) in [7, 11) is 2.91. The molecule has 2 heterocycles. The number of hydrogen-bond donors (Lipinski definition) is 1. The first-order valence-electron chi connectivity index (χ1n) is 10.6. The Morgan fingerprint density at radius 2 is 1.79 bits per heavy atom. The summed E-state index contributed by atoms with van der Waals surface area (Å²) in [5.74, 6) is 1.16. The Morgan fingerprint density at radius 1 is 1.06 bits per heavy atom. The monoisotopic (exact) mass is 480 g/mol. The molecule has 34 heavy (non-hydrogen) atoms. The van der Waals surface area contributed by atoms with Gasteiger partial charge in [-0.15, -0.1) is 11.3 Å². The molecule has 1 N–H and O–H groups in total. The third kappa shape index (κ3) is 5.04. The van der Waals surface area contributed by atoms with Crippen LogP contribution in [0.25, 0.3) is 20.8 Å². The van der Waals surface area contributed by atoms with Crippen LogP contribution in [0.4, 0.5) is 5.88 Å². The van der Waals surface area contributed by atoms with Crippen molar-refractivity contribution in [2.75, 3.05) is 26.1 Å². The van der Waals surface area contributed by atoms with Gasteiger partial charge in [0.2, 0.25) is 11.8 Å². The van der Waals surface area contributed by atoms with Gasteiger partial charge in [-0.25, -0.2) is 9.78 Å². The van der Waals surface area contributed by atoms with E-state index in [0.29, 0.717) is 35.1 Å². The van der Waals surface area contributed by atoms with Crippen molar-refractivity contribution in [1.82, 2.24) is 4.98 Å². The van der Waals surface area contributed by atoms with E-state index in [1.807, 2.05) is 48.5 Å². The number of nitrogens with one attached hydrogen (secondary N) is 1. The van der Waals surface area contributed by atoms with Crippen LogP contribution in [0.15, 0.2) is 52.9 Å². The first kappa shape index (κ1) is 23.3. The third-order valence-corrected chi connectivity index (χ3v) is 6.16. The van der Waals surface area contributed by atoms with Crippen molar-refractivity contribution in [2.45, 2.75) is 19.8 Å². The molecule has 4 aromatic rings. The van der Waals surface area contributed by atoms with Gasteiger partial charge in [-0.05, 0) is 49.7 Å². The normalized spacial score (nSPS) is 10.8. The summed E-state index contributed by atoms with van der Waals surface area (Å²) in [4.78, 5) is 29.8. The van der Waals surface area contributed by atoms with Crippen molar-refractivity contribution < 1.29 is 28.2 Å². The minimum Gasteiger partial charge on any atom is -0.497 e. The summed E-state index contributed by atoms with van der Waals surface area (Å²) in [5.41, 5.74) is 1.47. The van der Waals surface area contributed by atoms with Crippen LogP contribution >= 0.6 is 11.3 Å². The topological polar surface area (TPSA) is 99.9 Å². The highest BCUT2D eigenvalue weighted by atomic mass is 32.1. The number of nitrogens with zero attached hydrogens (tertiary/aromatic N) is 1. The molecule has 0 bridgehead atoms. The molecular formula is C25H24N2O6S. The van der Waals surface area contributed by atoms with Gasteiger partial charge in [-0.2, -0.15) is 0 Å². The van der Waals surface area contributed by atoms with Crippen LogP contribution in [0.3, 0.4) is 0 Å². The van der Waals surface area contributed by atoms with Crippen LogP contribution in [-0.2, 0) is 9.53 Å². The maximum absolute atomic E-state index is 12.6. The van der Waals surface area contributed by atoms with Crippen LogP contribution in [0.2, 0.25) is 0 Å². The lowest BCUT2D eigenvalue weighted by atomic mass is 10.1. The van der Waals surface area contributed by atoms with Gasteiger partial charge in [0.05, 0.1) is 36.6 Å². The van der Waals surface area contributed by atoms with Crippen molar-refractivity contribution in [1.29, 1.82) is 0 Å². The molecule has 0 aliphatic rings. The molecule has 2 aromatic heterocycles. The quantitative estimate of drug-likeness (QED) is 0.251. The Labute approximate surface area is 200 Å². The zero-order valence-corrected chi connectivity index (χ0v) is 19.9. The van der Waals surface area contributed by atoms with E-state index in [-0.39, 0.29) is 23.8 Å². The number of carbonyl (C=O) groups excluding carboxylic acids is 2. The minimum absolute atomic E-state index is 0.179. The number of esters is 1. The van der Waals surface area contributed by atoms with Crippen LogP contribution < -0.4 is 14.8 Å². The van der Waals surface area contributed by atoms with Crippen LogP contribution in [-0.4, -0.2) is 37.7 Å². The Morgan fingerprint density at radius 3 is 2.50 bits per heavy atom. The fourth-order valence-electron chi connectivity index (χ4n) is 3.45. The van der Waals surface area contributed by atoms with E-state index in [0.717, 1.165) is 16.0 Å². The maximum Gasteiger partial charge on any atom is 0.342 e. The van der Waals surface area contributed by atoms with Gasteiger partial charge >= 0.3 is 5.97 Å². The van der Waals surface area contributed by atoms with E-state index in [9.17, 15) is 9.59 Å². The highest BCUT2D eigenvalue weighted by Gasteiger charge is 2.28. The van der Waals surface area contributed by atoms with E-state index in [1.54, 1.807) is 14.0 Å². The number of rotatable bonds is 9. The van der Waals surface area contributed by atoms with Crippen molar-refractivity contribution in [3.8, 4) is 22.1 Å². The van der Waals surface area contributed by atoms with Crippen molar-refractivity contribution in [2.24, 2.45) is 0 Å². The standard InChI is InChI=1S/C25H24N2O6S/c1-15-21(25(29)31-3)22(24-26-18-7-4-5-8-19(18)34-24)23(33-15)27-20(28)9-6-14-32-17-12-10-16(30-2)11-13-17/h4-5,7-8,10-13H,6,9,14H2,1-3H3,(H,27,28). The number of thiazole rings is 1. The summed E-state index contributed by atoms with van der Waals surface area (Å²) >= 11 is 1.41. The summed E-state index contributed by atoms with van der Waals surface area (Å²) in [5, 5.41) is 3.35. The van der Waals surface area contributed by atoms with E-state index in [2.05, 4.69) is 10.3 Å². The zero-order chi connectivity index (χ0) is 24.1. The molecule has 0 saturated heterocycles.